The van der Waals surface area contributed by atoms with E-state index in [0.29, 0.717) is 11.3 Å². The van der Waals surface area contributed by atoms with E-state index in [-0.39, 0.29) is 12.4 Å². The number of carbonyl (C=O) groups is 2. The van der Waals surface area contributed by atoms with Crippen molar-refractivity contribution in [1.29, 1.82) is 0 Å². The van der Waals surface area contributed by atoms with Gasteiger partial charge in [0, 0.05) is 16.8 Å². The van der Waals surface area contributed by atoms with Crippen molar-refractivity contribution in [3.63, 3.8) is 0 Å². The van der Waals surface area contributed by atoms with E-state index in [4.69, 9.17) is 4.74 Å². The largest absolute Gasteiger partial charge is 0.465 e. The number of allylic oxidation sites excluding steroid dienone is 2. The minimum absolute atomic E-state index is 0.233. The van der Waals surface area contributed by atoms with Crippen LogP contribution in [0.25, 0.3) is 5.57 Å². The molecule has 5 heteroatoms. The van der Waals surface area contributed by atoms with E-state index in [2.05, 4.69) is 4.99 Å². The predicted molar refractivity (Wildman–Crippen MR) is 70.5 cm³/mol. The first kappa shape index (κ1) is 12.7. The lowest BCUT2D eigenvalue weighted by Gasteiger charge is -2.17. The Balaban J connectivity index is 2.33. The van der Waals surface area contributed by atoms with Gasteiger partial charge in [-0.2, -0.15) is 0 Å². The number of ether oxygens (including phenoxy) is 1. The molecule has 2 rings (SSSR count). The summed E-state index contributed by atoms with van der Waals surface area (Å²) in [6.45, 7) is 3.74. The normalized spacial score (nSPS) is 19.2. The highest BCUT2D eigenvalue weighted by molar-refractivity contribution is 7.11. The molecule has 0 radical (unpaired) electrons. The molecule has 0 bridgehead atoms. The number of thiophene rings is 1. The first-order valence-electron chi connectivity index (χ1n) is 5.65. The second kappa shape index (κ2) is 5.27. The summed E-state index contributed by atoms with van der Waals surface area (Å²) in [5.41, 5.74) is 1.16. The van der Waals surface area contributed by atoms with Crippen LogP contribution in [0, 0.1) is 5.92 Å². The molecule has 0 aliphatic carbocycles. The molecule has 0 N–H and O–H groups in total. The van der Waals surface area contributed by atoms with E-state index in [9.17, 15) is 9.59 Å². The number of nitrogens with zero attached hydrogens (tertiary/aromatic N) is 1. The number of carbonyl (C=O) groups excluding carboxylic acids is 2. The van der Waals surface area contributed by atoms with E-state index in [0.717, 1.165) is 4.88 Å². The summed E-state index contributed by atoms with van der Waals surface area (Å²) >= 11 is 1.46. The zero-order chi connectivity index (χ0) is 13.1. The van der Waals surface area contributed by atoms with Gasteiger partial charge < -0.3 is 4.74 Å². The van der Waals surface area contributed by atoms with Gasteiger partial charge in [0.05, 0.1) is 12.2 Å². The standard InChI is InChI=1S/C13H13NO3S/c1-3-17-13(16)9-7-14-8(2)11(12(9)15)10-5-4-6-18-10/h4-7,9H,3H2,1-2H3. The van der Waals surface area contributed by atoms with Crippen molar-refractivity contribution >= 4 is 34.9 Å². The van der Waals surface area contributed by atoms with Crippen molar-refractivity contribution in [1.82, 2.24) is 0 Å². The molecule has 4 nitrogen and oxygen atoms in total. The van der Waals surface area contributed by atoms with E-state index in [1.807, 2.05) is 17.5 Å². The van der Waals surface area contributed by atoms with E-state index in [1.165, 1.54) is 17.6 Å². The number of rotatable bonds is 3. The third-order valence-corrected chi connectivity index (χ3v) is 3.50. The maximum atomic E-state index is 12.3. The smallest absolute Gasteiger partial charge is 0.322 e. The van der Waals surface area contributed by atoms with E-state index >= 15 is 0 Å². The molecule has 0 saturated heterocycles. The topological polar surface area (TPSA) is 55.7 Å². The van der Waals surface area contributed by atoms with Crippen LogP contribution in [0.2, 0.25) is 0 Å². The van der Waals surface area contributed by atoms with Crippen LogP contribution in [0.15, 0.2) is 28.2 Å². The molecule has 2 heterocycles. The molecule has 1 aliphatic heterocycles. The van der Waals surface area contributed by atoms with Crippen LogP contribution in [0.3, 0.4) is 0 Å². The van der Waals surface area contributed by atoms with Gasteiger partial charge in [-0.1, -0.05) is 6.07 Å². The number of hydrogen-bond donors (Lipinski definition) is 0. The van der Waals surface area contributed by atoms with Gasteiger partial charge in [0.25, 0.3) is 0 Å². The third kappa shape index (κ3) is 2.26. The summed E-state index contributed by atoms with van der Waals surface area (Å²) in [6.07, 6.45) is 1.37. The molecule has 0 fully saturated rings. The fourth-order valence-corrected chi connectivity index (χ4v) is 2.60. The van der Waals surface area contributed by atoms with Crippen molar-refractivity contribution in [2.24, 2.45) is 10.9 Å². The molecular weight excluding hydrogens is 250 g/mol. The van der Waals surface area contributed by atoms with Gasteiger partial charge in [-0.3, -0.25) is 14.6 Å². The Hall–Kier alpha value is -1.75. The van der Waals surface area contributed by atoms with Crippen molar-refractivity contribution in [2.75, 3.05) is 6.61 Å². The number of aliphatic imine (C=N–C) groups is 1. The summed E-state index contributed by atoms with van der Waals surface area (Å²) in [4.78, 5) is 29.0. The first-order chi connectivity index (χ1) is 8.65. The molecule has 1 unspecified atom stereocenters. The Morgan fingerprint density at radius 3 is 2.94 bits per heavy atom. The van der Waals surface area contributed by atoms with Crippen LogP contribution in [-0.4, -0.2) is 24.6 Å². The molecular formula is C13H13NO3S. The van der Waals surface area contributed by atoms with Gasteiger partial charge in [0.2, 0.25) is 0 Å². The quantitative estimate of drug-likeness (QED) is 0.621. The zero-order valence-corrected chi connectivity index (χ0v) is 11.0. The summed E-state index contributed by atoms with van der Waals surface area (Å²) in [7, 11) is 0. The Kier molecular flexibility index (Phi) is 3.72. The fraction of sp³-hybridized carbons (Fsp3) is 0.308. The minimum atomic E-state index is -0.911. The minimum Gasteiger partial charge on any atom is -0.465 e. The van der Waals surface area contributed by atoms with Crippen molar-refractivity contribution in [3.05, 3.63) is 28.1 Å². The Labute approximate surface area is 109 Å². The van der Waals surface area contributed by atoms with Crippen LogP contribution >= 0.6 is 11.3 Å². The summed E-state index contributed by atoms with van der Waals surface area (Å²) < 4.78 is 4.88. The predicted octanol–water partition coefficient (Wildman–Crippen LogP) is 2.31. The zero-order valence-electron chi connectivity index (χ0n) is 10.2. The van der Waals surface area contributed by atoms with E-state index in [1.54, 1.807) is 13.8 Å². The van der Waals surface area contributed by atoms with Crippen molar-refractivity contribution in [2.45, 2.75) is 13.8 Å². The van der Waals surface area contributed by atoms with Crippen LogP contribution in [0.5, 0.6) is 0 Å². The number of ketones is 1. The molecule has 0 spiro atoms. The van der Waals surface area contributed by atoms with Crippen molar-refractivity contribution in [3.8, 4) is 0 Å². The van der Waals surface area contributed by atoms with Gasteiger partial charge in [-0.05, 0) is 25.3 Å². The van der Waals surface area contributed by atoms with Gasteiger partial charge >= 0.3 is 5.97 Å². The number of Topliss-reactive ketones (excluding diaryl/α,β-unsaturated/α-hetero) is 1. The lowest BCUT2D eigenvalue weighted by Crippen LogP contribution is -2.30. The van der Waals surface area contributed by atoms with Crippen LogP contribution in [0.1, 0.15) is 18.7 Å². The SMILES string of the molecule is CCOC(=O)C1C=NC(C)=C(c2cccs2)C1=O. The number of esters is 1. The van der Waals surface area contributed by atoms with Gasteiger partial charge in [-0.15, -0.1) is 11.3 Å². The highest BCUT2D eigenvalue weighted by Gasteiger charge is 2.33. The lowest BCUT2D eigenvalue weighted by atomic mass is 9.94. The molecule has 0 aromatic carbocycles. The van der Waals surface area contributed by atoms with Crippen LogP contribution in [-0.2, 0) is 14.3 Å². The first-order valence-corrected chi connectivity index (χ1v) is 6.53. The fourth-order valence-electron chi connectivity index (χ4n) is 1.77. The van der Waals surface area contributed by atoms with Gasteiger partial charge in [-0.25, -0.2) is 0 Å². The maximum absolute atomic E-state index is 12.3. The highest BCUT2D eigenvalue weighted by atomic mass is 32.1. The summed E-state index contributed by atoms with van der Waals surface area (Å²) in [5, 5.41) is 1.89. The third-order valence-electron chi connectivity index (χ3n) is 2.62. The highest BCUT2D eigenvalue weighted by Crippen LogP contribution is 2.30. The second-order valence-corrected chi connectivity index (χ2v) is 4.76. The summed E-state index contributed by atoms with van der Waals surface area (Å²) in [6, 6.07) is 3.72. The Morgan fingerprint density at radius 2 is 2.33 bits per heavy atom. The Bertz CT molecular complexity index is 528. The molecule has 18 heavy (non-hydrogen) atoms. The lowest BCUT2D eigenvalue weighted by molar-refractivity contribution is -0.147. The average Bonchev–Trinajstić information content (AvgIpc) is 2.83. The molecule has 0 saturated carbocycles. The van der Waals surface area contributed by atoms with E-state index < -0.39 is 11.9 Å². The van der Waals surface area contributed by atoms with Gasteiger partial charge in [0.15, 0.2) is 11.7 Å². The maximum Gasteiger partial charge on any atom is 0.322 e. The van der Waals surface area contributed by atoms with Crippen molar-refractivity contribution < 1.29 is 14.3 Å². The molecule has 1 aromatic heterocycles. The molecule has 1 aromatic rings. The Morgan fingerprint density at radius 1 is 1.56 bits per heavy atom. The molecule has 94 valence electrons. The van der Waals surface area contributed by atoms with Crippen LogP contribution < -0.4 is 0 Å². The van der Waals surface area contributed by atoms with Gasteiger partial charge in [0.1, 0.15) is 0 Å². The monoisotopic (exact) mass is 263 g/mol. The average molecular weight is 263 g/mol. The summed E-state index contributed by atoms with van der Waals surface area (Å²) in [5.74, 6) is -1.68. The van der Waals surface area contributed by atoms with Crippen LogP contribution in [0.4, 0.5) is 0 Å². The number of hydrogen-bond acceptors (Lipinski definition) is 5. The molecule has 1 atom stereocenters. The second-order valence-electron chi connectivity index (χ2n) is 3.81. The molecule has 0 amide bonds. The molecule has 1 aliphatic rings.